The minimum Gasteiger partial charge on any atom is -0.478 e. The molecule has 6 rings (SSSR count). The maximum absolute atomic E-state index is 14.5. The van der Waals surface area contributed by atoms with Crippen LogP contribution in [0.15, 0.2) is 42.6 Å². The molecule has 3 heterocycles. The van der Waals surface area contributed by atoms with Gasteiger partial charge in [-0.1, -0.05) is 12.1 Å². The van der Waals surface area contributed by atoms with E-state index in [9.17, 15) is 41.4 Å². The summed E-state index contributed by atoms with van der Waals surface area (Å²) < 4.78 is 77.5. The monoisotopic (exact) mass is 617 g/mol. The number of aromatic nitrogens is 3. The van der Waals surface area contributed by atoms with Crippen LogP contribution in [0.1, 0.15) is 66.1 Å². The first kappa shape index (κ1) is 28.8. The molecule has 0 bridgehead atoms. The van der Waals surface area contributed by atoms with E-state index >= 15 is 0 Å². The Bertz CT molecular complexity index is 1880. The van der Waals surface area contributed by atoms with Gasteiger partial charge in [0.25, 0.3) is 11.8 Å². The Hall–Kier alpha value is -5.28. The van der Waals surface area contributed by atoms with Crippen LogP contribution in [0.3, 0.4) is 0 Å². The second-order valence-electron chi connectivity index (χ2n) is 10.1. The van der Waals surface area contributed by atoms with Crippen molar-refractivity contribution in [2.75, 3.05) is 0 Å². The lowest BCUT2D eigenvalue weighted by molar-refractivity contribution is -0.391. The van der Waals surface area contributed by atoms with Crippen LogP contribution < -0.4 is 20.1 Å². The van der Waals surface area contributed by atoms with Gasteiger partial charge in [-0.3, -0.25) is 9.59 Å². The lowest BCUT2D eigenvalue weighted by Crippen LogP contribution is -2.52. The molecule has 1 atom stereocenters. The molecule has 0 radical (unpaired) electrons. The van der Waals surface area contributed by atoms with Crippen molar-refractivity contribution in [2.24, 2.45) is 0 Å². The number of hydrogen-bond acceptors (Lipinski definition) is 7. The highest BCUT2D eigenvalue weighted by Crippen LogP contribution is 2.47. The number of alkyl halides is 4. The SMILES string of the molecule is Cc1c(C(=O)O)ccc2c1CC[C@@H]2NC(=O)c1cc(C(=O)NCc2ccc3c(c2)OC(F)(F)C(F)(F)O3)nc2c(F)cnn12. The Morgan fingerprint density at radius 2 is 1.77 bits per heavy atom. The third kappa shape index (κ3) is 4.81. The number of carboxylic acids is 1. The van der Waals surface area contributed by atoms with Crippen molar-refractivity contribution >= 4 is 23.4 Å². The van der Waals surface area contributed by atoms with Gasteiger partial charge in [-0.25, -0.2) is 18.7 Å². The molecule has 44 heavy (non-hydrogen) atoms. The fourth-order valence-corrected chi connectivity index (χ4v) is 5.20. The van der Waals surface area contributed by atoms with Crippen molar-refractivity contribution < 1.29 is 50.9 Å². The number of fused-ring (bicyclic) bond motifs is 3. The van der Waals surface area contributed by atoms with Gasteiger partial charge in [0.15, 0.2) is 23.0 Å². The van der Waals surface area contributed by atoms with E-state index in [1.807, 2.05) is 0 Å². The van der Waals surface area contributed by atoms with Gasteiger partial charge in [0, 0.05) is 12.6 Å². The number of hydrogen-bond donors (Lipinski definition) is 3. The Labute approximate surface area is 243 Å². The summed E-state index contributed by atoms with van der Waals surface area (Å²) >= 11 is 0. The van der Waals surface area contributed by atoms with Crippen molar-refractivity contribution in [2.45, 2.75) is 44.6 Å². The Morgan fingerprint density at radius 3 is 2.50 bits per heavy atom. The number of ether oxygens (including phenoxy) is 2. The summed E-state index contributed by atoms with van der Waals surface area (Å²) in [7, 11) is 0. The summed E-state index contributed by atoms with van der Waals surface area (Å²) in [6, 6.07) is 6.86. The zero-order valence-corrected chi connectivity index (χ0v) is 22.5. The lowest BCUT2D eigenvalue weighted by Gasteiger charge is -2.31. The highest BCUT2D eigenvalue weighted by atomic mass is 19.3. The molecule has 0 saturated carbocycles. The van der Waals surface area contributed by atoms with E-state index in [2.05, 4.69) is 30.2 Å². The van der Waals surface area contributed by atoms with Crippen molar-refractivity contribution in [1.29, 1.82) is 0 Å². The lowest BCUT2D eigenvalue weighted by atomic mass is 9.98. The maximum Gasteiger partial charge on any atom is 0.507 e. The molecule has 3 N–H and O–H groups in total. The van der Waals surface area contributed by atoms with Gasteiger partial charge in [0.05, 0.1) is 17.8 Å². The number of nitrogens with one attached hydrogen (secondary N) is 2. The highest BCUT2D eigenvalue weighted by Gasteiger charge is 2.65. The second-order valence-corrected chi connectivity index (χ2v) is 10.1. The number of amides is 2. The predicted octanol–water partition coefficient (Wildman–Crippen LogP) is 4.18. The molecular weight excluding hydrogens is 597 g/mol. The number of benzene rings is 2. The van der Waals surface area contributed by atoms with E-state index in [-0.39, 0.29) is 29.1 Å². The summed E-state index contributed by atoms with van der Waals surface area (Å²) in [6.07, 6.45) is -8.00. The fraction of sp³-hybridized carbons (Fsp3) is 0.250. The number of carboxylic acid groups (broad SMARTS) is 1. The third-order valence-electron chi connectivity index (χ3n) is 7.40. The second kappa shape index (κ2) is 10.2. The Morgan fingerprint density at radius 1 is 1.05 bits per heavy atom. The Kier molecular flexibility index (Phi) is 6.66. The van der Waals surface area contributed by atoms with Crippen LogP contribution in [0.25, 0.3) is 5.65 Å². The molecule has 16 heteroatoms. The molecule has 11 nitrogen and oxygen atoms in total. The molecule has 2 aromatic heterocycles. The molecule has 228 valence electrons. The number of nitrogens with zero attached hydrogens (tertiary/aromatic N) is 3. The van der Waals surface area contributed by atoms with Gasteiger partial charge < -0.3 is 25.2 Å². The Balaban J connectivity index is 1.22. The maximum atomic E-state index is 14.5. The number of carbonyl (C=O) groups is 3. The minimum absolute atomic E-state index is 0.157. The molecule has 0 unspecified atom stereocenters. The average molecular weight is 617 g/mol. The van der Waals surface area contributed by atoms with Gasteiger partial charge in [0.1, 0.15) is 11.4 Å². The number of aromatic carboxylic acids is 1. The van der Waals surface area contributed by atoms with Crippen molar-refractivity contribution in [3.8, 4) is 11.5 Å². The molecule has 2 aliphatic rings. The molecular formula is C28H20F5N5O6. The van der Waals surface area contributed by atoms with Gasteiger partial charge in [-0.2, -0.15) is 22.7 Å². The molecule has 1 aliphatic carbocycles. The molecule has 0 spiro atoms. The number of rotatable bonds is 6. The van der Waals surface area contributed by atoms with Crippen LogP contribution in [0.5, 0.6) is 11.5 Å². The first-order valence-electron chi connectivity index (χ1n) is 13.0. The van der Waals surface area contributed by atoms with E-state index < -0.39 is 59.0 Å². The summed E-state index contributed by atoms with van der Waals surface area (Å²) in [6.45, 7) is 1.37. The molecule has 0 saturated heterocycles. The van der Waals surface area contributed by atoms with E-state index in [0.29, 0.717) is 18.4 Å². The number of carbonyl (C=O) groups excluding carboxylic acids is 2. The normalized spacial score (nSPS) is 17.6. The van der Waals surface area contributed by atoms with E-state index in [4.69, 9.17) is 0 Å². The number of halogens is 5. The topological polar surface area (TPSA) is 144 Å². The smallest absolute Gasteiger partial charge is 0.478 e. The van der Waals surface area contributed by atoms with Crippen LogP contribution in [-0.2, 0) is 13.0 Å². The van der Waals surface area contributed by atoms with Gasteiger partial charge >= 0.3 is 18.2 Å². The summed E-state index contributed by atoms with van der Waals surface area (Å²) in [5.41, 5.74) is 1.43. The van der Waals surface area contributed by atoms with Crippen molar-refractivity contribution in [3.63, 3.8) is 0 Å². The average Bonchev–Trinajstić information content (AvgIpc) is 3.55. The van der Waals surface area contributed by atoms with Crippen molar-refractivity contribution in [3.05, 3.63) is 87.6 Å². The van der Waals surface area contributed by atoms with Gasteiger partial charge in [0.2, 0.25) is 0 Å². The van der Waals surface area contributed by atoms with Crippen LogP contribution in [-0.4, -0.2) is 49.7 Å². The quantitative estimate of drug-likeness (QED) is 0.274. The summed E-state index contributed by atoms with van der Waals surface area (Å²) in [5, 5.41) is 18.5. The zero-order valence-electron chi connectivity index (χ0n) is 22.5. The molecule has 1 aliphatic heterocycles. The van der Waals surface area contributed by atoms with Gasteiger partial charge in [-0.05, 0) is 60.2 Å². The molecule has 2 amide bonds. The fourth-order valence-electron chi connectivity index (χ4n) is 5.20. The van der Waals surface area contributed by atoms with Crippen LogP contribution >= 0.6 is 0 Å². The van der Waals surface area contributed by atoms with Crippen LogP contribution in [0.4, 0.5) is 22.0 Å². The van der Waals surface area contributed by atoms with Gasteiger partial charge in [-0.15, -0.1) is 0 Å². The predicted molar refractivity (Wildman–Crippen MR) is 138 cm³/mol. The minimum atomic E-state index is -4.92. The molecule has 4 aromatic rings. The van der Waals surface area contributed by atoms with E-state index in [1.54, 1.807) is 13.0 Å². The zero-order chi connectivity index (χ0) is 31.6. The van der Waals surface area contributed by atoms with Crippen LogP contribution in [0, 0.1) is 12.7 Å². The highest BCUT2D eigenvalue weighted by molar-refractivity contribution is 5.98. The molecule has 0 fully saturated rings. The van der Waals surface area contributed by atoms with E-state index in [0.717, 1.165) is 40.0 Å². The summed E-state index contributed by atoms with van der Waals surface area (Å²) in [4.78, 5) is 41.8. The first-order chi connectivity index (χ1) is 20.8. The molecule has 2 aromatic carbocycles. The summed E-state index contributed by atoms with van der Waals surface area (Å²) in [5.74, 6) is -4.87. The first-order valence-corrected chi connectivity index (χ1v) is 13.0. The van der Waals surface area contributed by atoms with Crippen LogP contribution in [0.2, 0.25) is 0 Å². The van der Waals surface area contributed by atoms with Crippen molar-refractivity contribution in [1.82, 2.24) is 25.2 Å². The standard InChI is InChI=1S/C28H20F5N5O6/c1-12-14-5-6-18(16(14)4-3-15(12)26(41)42)37-25(40)20-9-19(36-23-17(29)11-35-38(20)23)24(39)34-10-13-2-7-21-22(8-13)44-28(32,33)27(30,31)43-21/h2-4,7-9,11,18H,5-6,10H2,1H3,(H,34,39)(H,37,40)(H,41,42)/t18-/m0/s1. The van der Waals surface area contributed by atoms with E-state index in [1.165, 1.54) is 12.1 Å². The third-order valence-corrected chi connectivity index (χ3v) is 7.40. The largest absolute Gasteiger partial charge is 0.507 e.